The van der Waals surface area contributed by atoms with E-state index in [2.05, 4.69) is 31.4 Å². The molecule has 16 heavy (non-hydrogen) atoms. The third-order valence-electron chi connectivity index (χ3n) is 4.84. The quantitative estimate of drug-likeness (QED) is 0.763. The predicted molar refractivity (Wildman–Crippen MR) is 66.6 cm³/mol. The van der Waals surface area contributed by atoms with E-state index in [1.807, 2.05) is 0 Å². The highest BCUT2D eigenvalue weighted by Gasteiger charge is 2.40. The maximum Gasteiger partial charge on any atom is 0.0726 e. The summed E-state index contributed by atoms with van der Waals surface area (Å²) in [4.78, 5) is 0. The fourth-order valence-corrected chi connectivity index (χ4v) is 2.83. The first-order valence-electron chi connectivity index (χ1n) is 6.68. The fourth-order valence-electron chi connectivity index (χ4n) is 2.83. The molecule has 2 rings (SSSR count). The van der Waals surface area contributed by atoms with Crippen LogP contribution in [0.4, 0.5) is 0 Å². The molecule has 0 aromatic heterocycles. The minimum atomic E-state index is 0.185. The van der Waals surface area contributed by atoms with Gasteiger partial charge in [-0.1, -0.05) is 6.92 Å². The topological polar surface area (TPSA) is 33.3 Å². The van der Waals surface area contributed by atoms with Gasteiger partial charge in [0.1, 0.15) is 0 Å². The molecule has 3 atom stereocenters. The zero-order chi connectivity index (χ0) is 11.6. The molecule has 2 heterocycles. The third-order valence-corrected chi connectivity index (χ3v) is 4.84. The van der Waals surface area contributed by atoms with Crippen LogP contribution >= 0.6 is 0 Å². The number of rotatable bonds is 4. The van der Waals surface area contributed by atoms with Crippen molar-refractivity contribution >= 4 is 0 Å². The maximum absolute atomic E-state index is 5.67. The Morgan fingerprint density at radius 1 is 1.44 bits per heavy atom. The number of hydrogen-bond donors (Lipinski definition) is 2. The summed E-state index contributed by atoms with van der Waals surface area (Å²) in [6.07, 6.45) is 4.05. The molecule has 2 N–H and O–H groups in total. The average Bonchev–Trinajstić information content (AvgIpc) is 2.86. The molecular formula is C13H26N2O. The van der Waals surface area contributed by atoms with E-state index in [-0.39, 0.29) is 5.54 Å². The van der Waals surface area contributed by atoms with E-state index < -0.39 is 0 Å². The summed E-state index contributed by atoms with van der Waals surface area (Å²) >= 11 is 0. The number of hydrogen-bond acceptors (Lipinski definition) is 3. The highest BCUT2D eigenvalue weighted by atomic mass is 16.5. The molecule has 2 aliphatic rings. The second-order valence-electron chi connectivity index (χ2n) is 5.81. The minimum absolute atomic E-state index is 0.185. The Bertz CT molecular complexity index is 233. The molecule has 3 nitrogen and oxygen atoms in total. The van der Waals surface area contributed by atoms with E-state index in [4.69, 9.17) is 4.74 Å². The molecule has 0 aliphatic carbocycles. The van der Waals surface area contributed by atoms with Crippen LogP contribution in [-0.2, 0) is 4.74 Å². The third kappa shape index (κ3) is 2.27. The Hall–Kier alpha value is -0.120. The molecule has 3 unspecified atom stereocenters. The SMILES string of the molecule is CCC1(CNC2(C)CCOC2C)CCNC1. The van der Waals surface area contributed by atoms with Crippen molar-refractivity contribution in [3.63, 3.8) is 0 Å². The molecule has 0 radical (unpaired) electrons. The van der Waals surface area contributed by atoms with E-state index in [0.29, 0.717) is 11.5 Å². The molecule has 0 aromatic carbocycles. The lowest BCUT2D eigenvalue weighted by Crippen LogP contribution is -2.52. The zero-order valence-corrected chi connectivity index (χ0v) is 10.9. The van der Waals surface area contributed by atoms with Crippen molar-refractivity contribution in [1.82, 2.24) is 10.6 Å². The highest BCUT2D eigenvalue weighted by Crippen LogP contribution is 2.31. The van der Waals surface area contributed by atoms with E-state index in [9.17, 15) is 0 Å². The lowest BCUT2D eigenvalue weighted by molar-refractivity contribution is 0.0833. The van der Waals surface area contributed by atoms with Gasteiger partial charge in [-0.05, 0) is 45.1 Å². The van der Waals surface area contributed by atoms with E-state index >= 15 is 0 Å². The lowest BCUT2D eigenvalue weighted by Gasteiger charge is -2.35. The van der Waals surface area contributed by atoms with Crippen LogP contribution in [0.1, 0.15) is 40.0 Å². The molecule has 0 aromatic rings. The van der Waals surface area contributed by atoms with Crippen molar-refractivity contribution in [3.8, 4) is 0 Å². The summed E-state index contributed by atoms with van der Waals surface area (Å²) in [7, 11) is 0. The summed E-state index contributed by atoms with van der Waals surface area (Å²) < 4.78 is 5.67. The van der Waals surface area contributed by atoms with Crippen LogP contribution in [0.5, 0.6) is 0 Å². The van der Waals surface area contributed by atoms with Gasteiger partial charge in [0.15, 0.2) is 0 Å². The van der Waals surface area contributed by atoms with Crippen molar-refractivity contribution in [1.29, 1.82) is 0 Å². The van der Waals surface area contributed by atoms with E-state index in [0.717, 1.165) is 19.6 Å². The van der Waals surface area contributed by atoms with Crippen LogP contribution in [0.2, 0.25) is 0 Å². The van der Waals surface area contributed by atoms with Crippen molar-refractivity contribution in [2.24, 2.45) is 5.41 Å². The van der Waals surface area contributed by atoms with Gasteiger partial charge in [-0.15, -0.1) is 0 Å². The first-order chi connectivity index (χ1) is 7.60. The molecule has 94 valence electrons. The molecule has 0 bridgehead atoms. The van der Waals surface area contributed by atoms with Crippen molar-refractivity contribution < 1.29 is 4.74 Å². The number of nitrogens with one attached hydrogen (secondary N) is 2. The van der Waals surface area contributed by atoms with Crippen LogP contribution in [0.25, 0.3) is 0 Å². The van der Waals surface area contributed by atoms with Gasteiger partial charge in [-0.2, -0.15) is 0 Å². The molecular weight excluding hydrogens is 200 g/mol. The summed E-state index contributed by atoms with van der Waals surface area (Å²) in [5.74, 6) is 0. The summed E-state index contributed by atoms with van der Waals surface area (Å²) in [6.45, 7) is 11.2. The first-order valence-corrected chi connectivity index (χ1v) is 6.68. The lowest BCUT2D eigenvalue weighted by atomic mass is 9.82. The summed E-state index contributed by atoms with van der Waals surface area (Å²) in [5.41, 5.74) is 0.663. The Morgan fingerprint density at radius 2 is 2.25 bits per heavy atom. The van der Waals surface area contributed by atoms with Crippen LogP contribution in [-0.4, -0.2) is 37.9 Å². The number of ether oxygens (including phenoxy) is 1. The van der Waals surface area contributed by atoms with E-state index in [1.54, 1.807) is 0 Å². The molecule has 0 spiro atoms. The van der Waals surface area contributed by atoms with Crippen molar-refractivity contribution in [2.45, 2.75) is 51.7 Å². The first kappa shape index (κ1) is 12.3. The van der Waals surface area contributed by atoms with Crippen LogP contribution in [0, 0.1) is 5.41 Å². The van der Waals surface area contributed by atoms with Crippen LogP contribution in [0.3, 0.4) is 0 Å². The largest absolute Gasteiger partial charge is 0.377 e. The maximum atomic E-state index is 5.67. The highest BCUT2D eigenvalue weighted by molar-refractivity contribution is 4.97. The Labute approximate surface area is 99.3 Å². The molecule has 2 fully saturated rings. The standard InChI is InChI=1S/C13H26N2O/c1-4-13(5-7-14-9-13)10-15-12(3)6-8-16-11(12)2/h11,14-15H,4-10H2,1-3H3. The second kappa shape index (κ2) is 4.63. The zero-order valence-electron chi connectivity index (χ0n) is 10.9. The summed E-state index contributed by atoms with van der Waals surface area (Å²) in [5, 5.41) is 7.27. The van der Waals surface area contributed by atoms with Gasteiger partial charge in [-0.3, -0.25) is 0 Å². The minimum Gasteiger partial charge on any atom is -0.377 e. The predicted octanol–water partition coefficient (Wildman–Crippen LogP) is 1.53. The average molecular weight is 226 g/mol. The molecule has 3 heteroatoms. The van der Waals surface area contributed by atoms with Gasteiger partial charge < -0.3 is 15.4 Å². The fraction of sp³-hybridized carbons (Fsp3) is 1.00. The van der Waals surface area contributed by atoms with Gasteiger partial charge >= 0.3 is 0 Å². The molecule has 0 saturated carbocycles. The van der Waals surface area contributed by atoms with Crippen LogP contribution < -0.4 is 10.6 Å². The van der Waals surface area contributed by atoms with Gasteiger partial charge in [0, 0.05) is 25.2 Å². The van der Waals surface area contributed by atoms with Gasteiger partial charge in [-0.25, -0.2) is 0 Å². The van der Waals surface area contributed by atoms with Crippen LogP contribution in [0.15, 0.2) is 0 Å². The molecule has 2 aliphatic heterocycles. The van der Waals surface area contributed by atoms with E-state index in [1.165, 1.54) is 25.9 Å². The van der Waals surface area contributed by atoms with Gasteiger partial charge in [0.2, 0.25) is 0 Å². The van der Waals surface area contributed by atoms with Crippen molar-refractivity contribution in [3.05, 3.63) is 0 Å². The molecule has 0 amide bonds. The Kier molecular flexibility index (Phi) is 3.57. The normalized spacial score (nSPS) is 44.1. The Morgan fingerprint density at radius 3 is 2.75 bits per heavy atom. The smallest absolute Gasteiger partial charge is 0.0726 e. The monoisotopic (exact) mass is 226 g/mol. The molecule has 2 saturated heterocycles. The Balaban J connectivity index is 1.90. The summed E-state index contributed by atoms with van der Waals surface area (Å²) in [6, 6.07) is 0. The van der Waals surface area contributed by atoms with Gasteiger partial charge in [0.25, 0.3) is 0 Å². The van der Waals surface area contributed by atoms with Gasteiger partial charge in [0.05, 0.1) is 6.10 Å². The van der Waals surface area contributed by atoms with Crippen molar-refractivity contribution in [2.75, 3.05) is 26.2 Å². The second-order valence-corrected chi connectivity index (χ2v) is 5.81.